The van der Waals surface area contributed by atoms with Crippen molar-refractivity contribution in [2.75, 3.05) is 13.7 Å². The number of methoxy groups -OCH3 is 1. The minimum atomic E-state index is -1.20. The summed E-state index contributed by atoms with van der Waals surface area (Å²) in [4.78, 5) is 53.9. The summed E-state index contributed by atoms with van der Waals surface area (Å²) >= 11 is 0. The number of nitrogens with one attached hydrogen (secondary N) is 3. The molecular formula is C35H52N4O7. The first-order valence-electron chi connectivity index (χ1n) is 15.8. The van der Waals surface area contributed by atoms with Crippen LogP contribution in [0.25, 0.3) is 0 Å². The van der Waals surface area contributed by atoms with Crippen LogP contribution in [0.3, 0.4) is 0 Å². The summed E-state index contributed by atoms with van der Waals surface area (Å²) in [5.74, 6) is -1.29. The minimum Gasteiger partial charge on any atom is -0.467 e. The largest absolute Gasteiger partial charge is 0.467 e. The van der Waals surface area contributed by atoms with E-state index in [0.717, 1.165) is 11.1 Å². The predicted octanol–water partition coefficient (Wildman–Crippen LogP) is 4.42. The molecule has 4 amide bonds. The highest BCUT2D eigenvalue weighted by Gasteiger charge is 2.32. The van der Waals surface area contributed by atoms with E-state index in [4.69, 9.17) is 9.47 Å². The third kappa shape index (κ3) is 13.5. The Morgan fingerprint density at radius 1 is 0.848 bits per heavy atom. The molecular weight excluding hydrogens is 588 g/mol. The fourth-order valence-corrected chi connectivity index (χ4v) is 4.81. The molecule has 2 rings (SSSR count). The Kier molecular flexibility index (Phi) is 15.0. The molecule has 0 bridgehead atoms. The van der Waals surface area contributed by atoms with Gasteiger partial charge in [0.25, 0.3) is 0 Å². The van der Waals surface area contributed by atoms with Gasteiger partial charge in [0.2, 0.25) is 5.91 Å². The van der Waals surface area contributed by atoms with Crippen LogP contribution in [-0.2, 0) is 32.0 Å². The number of benzene rings is 2. The van der Waals surface area contributed by atoms with Gasteiger partial charge in [-0.2, -0.15) is 0 Å². The summed E-state index contributed by atoms with van der Waals surface area (Å²) in [6, 6.07) is 15.4. The van der Waals surface area contributed by atoms with E-state index in [1.165, 1.54) is 12.0 Å². The summed E-state index contributed by atoms with van der Waals surface area (Å²) < 4.78 is 10.3. The van der Waals surface area contributed by atoms with E-state index in [1.807, 2.05) is 74.5 Å². The van der Waals surface area contributed by atoms with Crippen LogP contribution in [0, 0.1) is 11.8 Å². The SMILES string of the molecule is COC(=O)[C@H](NC(=O)[C@H](CC(C)C)NC(=O)N(Cc1ccccc1)C[C@@H](O)[C@@H](Cc1ccccc1)NC(=O)OC(C)(C)C)C(C)C. The molecule has 0 radical (unpaired) electrons. The first kappa shape index (κ1) is 38.1. The number of carbonyl (C=O) groups excluding carboxylic acids is 4. The van der Waals surface area contributed by atoms with Gasteiger partial charge in [-0.15, -0.1) is 0 Å². The number of alkyl carbamates (subject to hydrolysis) is 1. The van der Waals surface area contributed by atoms with Crippen molar-refractivity contribution in [3.05, 3.63) is 71.8 Å². The number of hydrogen-bond acceptors (Lipinski definition) is 7. The molecule has 0 saturated carbocycles. The molecule has 0 unspecified atom stereocenters. The second-order valence-electron chi connectivity index (χ2n) is 13.3. The summed E-state index contributed by atoms with van der Waals surface area (Å²) in [5, 5.41) is 19.9. The van der Waals surface area contributed by atoms with Gasteiger partial charge in [-0.25, -0.2) is 14.4 Å². The summed E-state index contributed by atoms with van der Waals surface area (Å²) in [6.07, 6.45) is -1.30. The average Bonchev–Trinajstić information content (AvgIpc) is 2.98. The lowest BCUT2D eigenvalue weighted by Crippen LogP contribution is -2.57. The summed E-state index contributed by atoms with van der Waals surface area (Å²) in [5.41, 5.74) is 0.931. The molecule has 0 aliphatic heterocycles. The van der Waals surface area contributed by atoms with Crippen molar-refractivity contribution < 1.29 is 33.8 Å². The van der Waals surface area contributed by atoms with Gasteiger partial charge in [-0.05, 0) is 56.6 Å². The Balaban J connectivity index is 2.36. The van der Waals surface area contributed by atoms with Gasteiger partial charge in [0.05, 0.1) is 25.8 Å². The van der Waals surface area contributed by atoms with Crippen LogP contribution >= 0.6 is 0 Å². The maximum absolute atomic E-state index is 13.9. The van der Waals surface area contributed by atoms with E-state index < -0.39 is 53.8 Å². The molecule has 0 heterocycles. The number of rotatable bonds is 15. The van der Waals surface area contributed by atoms with Gasteiger partial charge in [-0.3, -0.25) is 4.79 Å². The van der Waals surface area contributed by atoms with Crippen LogP contribution in [0.5, 0.6) is 0 Å². The third-order valence-corrected chi connectivity index (χ3v) is 7.12. The Labute approximate surface area is 273 Å². The quantitative estimate of drug-likeness (QED) is 0.211. The molecule has 254 valence electrons. The zero-order valence-electron chi connectivity index (χ0n) is 28.4. The Hall–Kier alpha value is -4.12. The van der Waals surface area contributed by atoms with Crippen molar-refractivity contribution in [3.8, 4) is 0 Å². The molecule has 46 heavy (non-hydrogen) atoms. The van der Waals surface area contributed by atoms with Crippen molar-refractivity contribution in [2.45, 2.75) is 97.7 Å². The Morgan fingerprint density at radius 2 is 1.41 bits per heavy atom. The van der Waals surface area contributed by atoms with Crippen LogP contribution in [0.15, 0.2) is 60.7 Å². The minimum absolute atomic E-state index is 0.0353. The number of esters is 1. The number of nitrogens with zero attached hydrogens (tertiary/aromatic N) is 1. The molecule has 11 nitrogen and oxygen atoms in total. The second-order valence-corrected chi connectivity index (χ2v) is 13.3. The number of amides is 4. The van der Waals surface area contributed by atoms with Crippen molar-refractivity contribution in [3.63, 3.8) is 0 Å². The van der Waals surface area contributed by atoms with E-state index in [0.29, 0.717) is 6.42 Å². The van der Waals surface area contributed by atoms with Gasteiger partial charge in [-0.1, -0.05) is 88.4 Å². The van der Waals surface area contributed by atoms with Crippen LogP contribution < -0.4 is 16.0 Å². The highest BCUT2D eigenvalue weighted by molar-refractivity contribution is 5.90. The highest BCUT2D eigenvalue weighted by Crippen LogP contribution is 2.15. The second kappa shape index (κ2) is 18.1. The Bertz CT molecular complexity index is 1250. The van der Waals surface area contributed by atoms with Crippen LogP contribution in [-0.4, -0.2) is 77.5 Å². The molecule has 0 aliphatic carbocycles. The summed E-state index contributed by atoms with van der Waals surface area (Å²) in [7, 11) is 1.26. The predicted molar refractivity (Wildman–Crippen MR) is 177 cm³/mol. The molecule has 4 N–H and O–H groups in total. The first-order chi connectivity index (χ1) is 21.6. The standard InChI is InChI=1S/C35H52N4O7/c1-23(2)19-28(31(41)38-30(24(3)4)32(42)45-8)36-33(43)39(21-26-17-13-10-14-18-26)22-29(40)27(20-25-15-11-9-12-16-25)37-34(44)46-35(5,6)7/h9-18,23-24,27-30,40H,19-22H2,1-8H3,(H,36,43)(H,37,44)(H,38,41)/t27-,28+,29-,30-/m1/s1. The van der Waals surface area contributed by atoms with Crippen molar-refractivity contribution in [2.24, 2.45) is 11.8 Å². The van der Waals surface area contributed by atoms with E-state index in [2.05, 4.69) is 16.0 Å². The lowest BCUT2D eigenvalue weighted by atomic mass is 10.00. The lowest BCUT2D eigenvalue weighted by molar-refractivity contribution is -0.146. The molecule has 0 aliphatic rings. The Morgan fingerprint density at radius 3 is 1.91 bits per heavy atom. The number of carbonyl (C=O) groups is 4. The van der Waals surface area contributed by atoms with Gasteiger partial charge < -0.3 is 35.4 Å². The van der Waals surface area contributed by atoms with Gasteiger partial charge in [0, 0.05) is 6.54 Å². The molecule has 2 aromatic carbocycles. The van der Waals surface area contributed by atoms with E-state index in [9.17, 15) is 24.3 Å². The van der Waals surface area contributed by atoms with E-state index >= 15 is 0 Å². The number of aliphatic hydroxyl groups is 1. The number of ether oxygens (including phenoxy) is 2. The number of aliphatic hydroxyl groups excluding tert-OH is 1. The van der Waals surface area contributed by atoms with Crippen molar-refractivity contribution in [1.82, 2.24) is 20.9 Å². The molecule has 11 heteroatoms. The fraction of sp³-hybridized carbons (Fsp3) is 0.543. The maximum Gasteiger partial charge on any atom is 0.407 e. The number of urea groups is 1. The molecule has 4 atom stereocenters. The molecule has 0 fully saturated rings. The van der Waals surface area contributed by atoms with Crippen molar-refractivity contribution >= 4 is 24.0 Å². The highest BCUT2D eigenvalue weighted by atomic mass is 16.6. The smallest absolute Gasteiger partial charge is 0.407 e. The molecule has 0 saturated heterocycles. The third-order valence-electron chi connectivity index (χ3n) is 7.12. The number of hydrogen-bond donors (Lipinski definition) is 4. The zero-order valence-corrected chi connectivity index (χ0v) is 28.4. The van der Waals surface area contributed by atoms with Crippen molar-refractivity contribution in [1.29, 1.82) is 0 Å². The molecule has 0 spiro atoms. The normalized spacial score (nSPS) is 14.1. The topological polar surface area (TPSA) is 146 Å². The van der Waals surface area contributed by atoms with Gasteiger partial charge in [0.1, 0.15) is 17.7 Å². The van der Waals surface area contributed by atoms with E-state index in [-0.39, 0.29) is 31.3 Å². The average molecular weight is 641 g/mol. The zero-order chi connectivity index (χ0) is 34.4. The van der Waals surface area contributed by atoms with Crippen LogP contribution in [0.2, 0.25) is 0 Å². The van der Waals surface area contributed by atoms with E-state index in [1.54, 1.807) is 34.6 Å². The first-order valence-corrected chi connectivity index (χ1v) is 15.8. The lowest BCUT2D eigenvalue weighted by Gasteiger charge is -2.32. The fourth-order valence-electron chi connectivity index (χ4n) is 4.81. The van der Waals surface area contributed by atoms with Crippen LogP contribution in [0.4, 0.5) is 9.59 Å². The van der Waals surface area contributed by atoms with Gasteiger partial charge >= 0.3 is 18.1 Å². The molecule has 0 aromatic heterocycles. The van der Waals surface area contributed by atoms with Gasteiger partial charge in [0.15, 0.2) is 0 Å². The molecule has 2 aromatic rings. The van der Waals surface area contributed by atoms with Crippen LogP contribution in [0.1, 0.15) is 66.0 Å². The monoisotopic (exact) mass is 640 g/mol. The maximum atomic E-state index is 13.9. The summed E-state index contributed by atoms with van der Waals surface area (Å²) in [6.45, 7) is 12.6.